The zero-order chi connectivity index (χ0) is 15.4. The van der Waals surface area contributed by atoms with E-state index in [0.717, 1.165) is 26.3 Å². The standard InChI is InChI=1S/C11H7IN2O.C4H8O2/c12-6-1-2-9-8(5-6)7-3-4-13-10(7)11(15)14-9;1-2-3-4(5)6/h1-5,13H,(H,14,15);2-3H2,1H3,(H,5,6). The van der Waals surface area contributed by atoms with Crippen LogP contribution >= 0.6 is 22.6 Å². The van der Waals surface area contributed by atoms with E-state index in [-0.39, 0.29) is 5.56 Å². The Hall–Kier alpha value is -1.83. The van der Waals surface area contributed by atoms with Crippen LogP contribution in [-0.2, 0) is 4.79 Å². The topological polar surface area (TPSA) is 85.9 Å². The molecule has 1 aromatic carbocycles. The molecule has 0 saturated carbocycles. The molecule has 0 bridgehead atoms. The van der Waals surface area contributed by atoms with Gasteiger partial charge in [0.05, 0.1) is 0 Å². The number of aromatic nitrogens is 2. The first-order valence-corrected chi connectivity index (χ1v) is 7.61. The third-order valence-corrected chi connectivity index (χ3v) is 3.63. The maximum atomic E-state index is 11.7. The highest BCUT2D eigenvalue weighted by Gasteiger charge is 2.05. The van der Waals surface area contributed by atoms with Crippen LogP contribution in [0.1, 0.15) is 19.8 Å². The molecular weight excluding hydrogens is 383 g/mol. The van der Waals surface area contributed by atoms with E-state index >= 15 is 0 Å². The molecule has 0 aliphatic rings. The minimum Gasteiger partial charge on any atom is -0.481 e. The molecule has 0 unspecified atom stereocenters. The summed E-state index contributed by atoms with van der Waals surface area (Å²) < 4.78 is 1.16. The quantitative estimate of drug-likeness (QED) is 0.578. The van der Waals surface area contributed by atoms with Crippen LogP contribution in [0.5, 0.6) is 0 Å². The molecule has 5 nitrogen and oxygen atoms in total. The monoisotopic (exact) mass is 398 g/mol. The molecule has 2 heterocycles. The van der Waals surface area contributed by atoms with Gasteiger partial charge in [-0.2, -0.15) is 0 Å². The van der Waals surface area contributed by atoms with E-state index in [1.807, 2.05) is 25.1 Å². The van der Waals surface area contributed by atoms with Crippen molar-refractivity contribution in [1.82, 2.24) is 9.97 Å². The number of hydrogen-bond acceptors (Lipinski definition) is 2. The van der Waals surface area contributed by atoms with Crippen molar-refractivity contribution >= 4 is 50.4 Å². The Labute approximate surface area is 134 Å². The Morgan fingerprint density at radius 2 is 2.05 bits per heavy atom. The highest BCUT2D eigenvalue weighted by molar-refractivity contribution is 14.1. The zero-order valence-corrected chi connectivity index (χ0v) is 13.6. The van der Waals surface area contributed by atoms with Gasteiger partial charge in [-0.05, 0) is 53.3 Å². The third-order valence-electron chi connectivity index (χ3n) is 2.96. The van der Waals surface area contributed by atoms with Gasteiger partial charge in [0.15, 0.2) is 0 Å². The number of nitrogens with one attached hydrogen (secondary N) is 2. The summed E-state index contributed by atoms with van der Waals surface area (Å²) in [6.45, 7) is 1.84. The number of benzene rings is 1. The number of aromatic amines is 2. The van der Waals surface area contributed by atoms with Gasteiger partial charge in [0.25, 0.3) is 5.56 Å². The van der Waals surface area contributed by atoms with E-state index in [1.165, 1.54) is 0 Å². The van der Waals surface area contributed by atoms with E-state index in [1.54, 1.807) is 6.20 Å². The molecule has 3 rings (SSSR count). The van der Waals surface area contributed by atoms with Crippen LogP contribution in [0.15, 0.2) is 35.3 Å². The predicted molar refractivity (Wildman–Crippen MR) is 91.7 cm³/mol. The summed E-state index contributed by atoms with van der Waals surface area (Å²) in [6.07, 6.45) is 2.81. The molecule has 0 aliphatic heterocycles. The summed E-state index contributed by atoms with van der Waals surface area (Å²) >= 11 is 2.27. The predicted octanol–water partition coefficient (Wildman–Crippen LogP) is 3.49. The maximum absolute atomic E-state index is 11.7. The van der Waals surface area contributed by atoms with Crippen molar-refractivity contribution in [3.05, 3.63) is 44.4 Å². The second-order valence-corrected chi connectivity index (χ2v) is 5.80. The minimum absolute atomic E-state index is 0.0660. The van der Waals surface area contributed by atoms with Gasteiger partial charge in [-0.25, -0.2) is 0 Å². The Morgan fingerprint density at radius 3 is 2.67 bits per heavy atom. The van der Waals surface area contributed by atoms with Crippen molar-refractivity contribution in [3.8, 4) is 0 Å². The number of aliphatic carboxylic acids is 1. The van der Waals surface area contributed by atoms with Gasteiger partial charge in [-0.3, -0.25) is 9.59 Å². The second-order valence-electron chi connectivity index (χ2n) is 4.55. The van der Waals surface area contributed by atoms with Crippen LogP contribution in [0.3, 0.4) is 0 Å². The number of hydrogen-bond donors (Lipinski definition) is 3. The van der Waals surface area contributed by atoms with Crippen LogP contribution < -0.4 is 5.56 Å². The Morgan fingerprint density at radius 1 is 1.29 bits per heavy atom. The molecule has 0 aliphatic carbocycles. The van der Waals surface area contributed by atoms with Crippen LogP contribution in [0.2, 0.25) is 0 Å². The lowest BCUT2D eigenvalue weighted by Gasteiger charge is -2.00. The summed E-state index contributed by atoms with van der Waals surface area (Å²) in [6, 6.07) is 7.92. The van der Waals surface area contributed by atoms with Gasteiger partial charge in [0, 0.05) is 32.5 Å². The third kappa shape index (κ3) is 3.63. The SMILES string of the molecule is CCCC(=O)O.O=c1[nH]c2ccc(I)cc2c2cc[nH]c12. The summed E-state index contributed by atoms with van der Waals surface area (Å²) in [5.41, 5.74) is 1.46. The Balaban J connectivity index is 0.000000232. The van der Waals surface area contributed by atoms with Gasteiger partial charge in [0.1, 0.15) is 5.52 Å². The molecule has 0 radical (unpaired) electrons. The fraction of sp³-hybridized carbons (Fsp3) is 0.200. The summed E-state index contributed by atoms with van der Waals surface area (Å²) in [7, 11) is 0. The van der Waals surface area contributed by atoms with Gasteiger partial charge >= 0.3 is 5.97 Å². The van der Waals surface area contributed by atoms with Crippen molar-refractivity contribution in [1.29, 1.82) is 0 Å². The first kappa shape index (κ1) is 15.6. The fourth-order valence-electron chi connectivity index (χ4n) is 2.03. The lowest BCUT2D eigenvalue weighted by molar-refractivity contribution is -0.137. The molecule has 3 aromatic rings. The molecule has 2 aromatic heterocycles. The minimum atomic E-state index is -0.711. The van der Waals surface area contributed by atoms with Gasteiger partial charge in [0.2, 0.25) is 0 Å². The lowest BCUT2D eigenvalue weighted by Crippen LogP contribution is -2.05. The summed E-state index contributed by atoms with van der Waals surface area (Å²) in [5, 5.41) is 9.97. The molecule has 0 atom stereocenters. The second kappa shape index (κ2) is 6.75. The molecule has 3 N–H and O–H groups in total. The number of rotatable bonds is 2. The van der Waals surface area contributed by atoms with Crippen molar-refractivity contribution in [2.24, 2.45) is 0 Å². The number of carboxylic acids is 1. The lowest BCUT2D eigenvalue weighted by atomic mass is 10.1. The van der Waals surface area contributed by atoms with Gasteiger partial charge < -0.3 is 15.1 Å². The van der Waals surface area contributed by atoms with Crippen LogP contribution in [0.25, 0.3) is 21.8 Å². The van der Waals surface area contributed by atoms with Crippen LogP contribution in [0.4, 0.5) is 0 Å². The number of carboxylic acid groups (broad SMARTS) is 1. The molecular formula is C15H15IN2O3. The summed E-state index contributed by atoms with van der Waals surface area (Å²) in [4.78, 5) is 27.1. The summed E-state index contributed by atoms with van der Waals surface area (Å²) in [5.74, 6) is -0.711. The Kier molecular flexibility index (Phi) is 5.00. The first-order valence-electron chi connectivity index (χ1n) is 6.53. The molecule has 6 heteroatoms. The molecule has 0 saturated heterocycles. The smallest absolute Gasteiger partial charge is 0.303 e. The highest BCUT2D eigenvalue weighted by Crippen LogP contribution is 2.22. The zero-order valence-electron chi connectivity index (χ0n) is 11.4. The van der Waals surface area contributed by atoms with E-state index < -0.39 is 5.97 Å². The van der Waals surface area contributed by atoms with Crippen LogP contribution in [0, 0.1) is 3.57 Å². The molecule has 0 spiro atoms. The average molecular weight is 398 g/mol. The normalized spacial score (nSPS) is 10.4. The van der Waals surface area contributed by atoms with Crippen molar-refractivity contribution in [2.45, 2.75) is 19.8 Å². The first-order chi connectivity index (χ1) is 10.0. The number of H-pyrrole nitrogens is 2. The number of carbonyl (C=O) groups is 1. The number of pyridine rings is 1. The van der Waals surface area contributed by atoms with Gasteiger partial charge in [-0.15, -0.1) is 0 Å². The molecule has 21 heavy (non-hydrogen) atoms. The van der Waals surface area contributed by atoms with E-state index in [9.17, 15) is 9.59 Å². The molecule has 0 amide bonds. The highest BCUT2D eigenvalue weighted by atomic mass is 127. The molecule has 0 fully saturated rings. The van der Waals surface area contributed by atoms with E-state index in [4.69, 9.17) is 5.11 Å². The number of fused-ring (bicyclic) bond motifs is 3. The van der Waals surface area contributed by atoms with Crippen LogP contribution in [-0.4, -0.2) is 21.0 Å². The molecule has 110 valence electrons. The van der Waals surface area contributed by atoms with E-state index in [0.29, 0.717) is 11.9 Å². The average Bonchev–Trinajstić information content (AvgIpc) is 2.90. The van der Waals surface area contributed by atoms with Crippen molar-refractivity contribution < 1.29 is 9.90 Å². The Bertz CT molecular complexity index is 836. The van der Waals surface area contributed by atoms with Gasteiger partial charge in [-0.1, -0.05) is 6.92 Å². The maximum Gasteiger partial charge on any atom is 0.303 e. The largest absolute Gasteiger partial charge is 0.481 e. The van der Waals surface area contributed by atoms with E-state index in [2.05, 4.69) is 38.6 Å². The van der Waals surface area contributed by atoms with Crippen molar-refractivity contribution in [3.63, 3.8) is 0 Å². The van der Waals surface area contributed by atoms with Crippen molar-refractivity contribution in [2.75, 3.05) is 0 Å². The number of halogens is 1. The fourth-order valence-corrected chi connectivity index (χ4v) is 2.52.